The average molecular weight is 1320 g/mol. The molecule has 0 spiro atoms. The van der Waals surface area contributed by atoms with Gasteiger partial charge in [-0.25, -0.2) is 4.79 Å². The summed E-state index contributed by atoms with van der Waals surface area (Å²) in [5.41, 5.74) is 5.24. The molecule has 0 atom stereocenters. The lowest BCUT2D eigenvalue weighted by molar-refractivity contribution is -0.275. The fraction of sp³-hybridized carbons (Fsp3) is 0.188. The third-order valence-corrected chi connectivity index (χ3v) is 15.4. The van der Waals surface area contributed by atoms with Crippen LogP contribution in [0.5, 0.6) is 17.2 Å². The van der Waals surface area contributed by atoms with Gasteiger partial charge in [0.1, 0.15) is 22.1 Å². The van der Waals surface area contributed by atoms with Gasteiger partial charge in [-0.2, -0.15) is 9.59 Å². The number of rotatable bonds is 15. The maximum absolute atomic E-state index is 12.7. The maximum atomic E-state index is 12.7. The smallest absolute Gasteiger partial charge is 0.477 e. The van der Waals surface area contributed by atoms with Gasteiger partial charge in [0.2, 0.25) is 22.4 Å². The van der Waals surface area contributed by atoms with E-state index in [1.165, 1.54) is 60.3 Å². The second kappa shape index (κ2) is 30.7. The largest absolute Gasteiger partial charge is 0.573 e. The molecule has 0 fully saturated rings. The van der Waals surface area contributed by atoms with Crippen LogP contribution in [0.1, 0.15) is 60.9 Å². The van der Waals surface area contributed by atoms with Crippen LogP contribution < -0.4 is 25.1 Å². The molecule has 0 unspecified atom stereocenters. The number of aryl methyl sites for hydroxylation is 3. The predicted octanol–water partition coefficient (Wildman–Crippen LogP) is 15.4. The Hall–Kier alpha value is -9.69. The van der Waals surface area contributed by atoms with E-state index in [2.05, 4.69) is 23.7 Å². The molecule has 0 saturated heterocycles. The predicted molar refractivity (Wildman–Crippen MR) is 323 cm³/mol. The highest BCUT2D eigenvalue weighted by Crippen LogP contribution is 2.43. The number of carbonyl (C=O) groups excluding carboxylic acids is 6. The first-order valence-corrected chi connectivity index (χ1v) is 29.2. The third-order valence-electron chi connectivity index (χ3n) is 12.4. The molecule has 1 N–H and O–H groups in total. The molecule has 0 aliphatic carbocycles. The zero-order chi connectivity index (χ0) is 67.1. The minimum atomic E-state index is -4.83. The summed E-state index contributed by atoms with van der Waals surface area (Å²) in [6.07, 6.45) is -14.2. The van der Waals surface area contributed by atoms with E-state index in [1.54, 1.807) is 31.4 Å². The van der Waals surface area contributed by atoms with Gasteiger partial charge < -0.3 is 28.8 Å². The van der Waals surface area contributed by atoms with Crippen LogP contribution in [0.25, 0.3) is 64.0 Å². The average Bonchev–Trinajstić information content (AvgIpc) is 1.55. The van der Waals surface area contributed by atoms with Crippen LogP contribution >= 0.6 is 34.4 Å². The number of thioether (sulfide) groups is 1. The summed E-state index contributed by atoms with van der Waals surface area (Å²) in [5, 5.41) is 14.6. The Morgan fingerprint density at radius 2 is 0.879 bits per heavy atom. The second-order valence-electron chi connectivity index (χ2n) is 18.9. The molecule has 0 aliphatic heterocycles. The SMILES string of the molecule is CCOC(=O)CSCC(=O)OCC.Cc1ccc(-c2csc(C(=O)O)c2-c2ccc(OC(F)(F)F)cc2)cc1.Cc1ccc(C(=O)C(=O)c2ccc(OC(F)(F)F)cc2)cc1.Cc1ccc2c(c1)c(=O)c1sc3c(=O)c4cc(OC(F)(F)F)ccc4c3c12.O=C=O. The summed E-state index contributed by atoms with van der Waals surface area (Å²) >= 11 is 3.39. The van der Waals surface area contributed by atoms with E-state index in [1.807, 2.05) is 63.2 Å². The lowest BCUT2D eigenvalue weighted by atomic mass is 9.96. The van der Waals surface area contributed by atoms with Gasteiger partial charge in [0.25, 0.3) is 0 Å². The number of halogens is 9. The maximum Gasteiger partial charge on any atom is 0.573 e. The molecule has 8 aromatic carbocycles. The monoisotopic (exact) mass is 1320 g/mol. The molecule has 15 nitrogen and oxygen atoms in total. The van der Waals surface area contributed by atoms with E-state index in [4.69, 9.17) is 9.59 Å². The van der Waals surface area contributed by atoms with Gasteiger partial charge in [-0.15, -0.1) is 73.9 Å². The fourth-order valence-corrected chi connectivity index (χ4v) is 11.4. The molecule has 0 saturated carbocycles. The molecule has 0 aliphatic rings. The number of alkyl halides is 9. The normalized spacial score (nSPS) is 11.1. The molecule has 10 aromatic rings. The quantitative estimate of drug-likeness (QED) is 0.0436. The molecule has 91 heavy (non-hydrogen) atoms. The standard InChI is InChI=1S/C20H9F3O3S.C19H13F3O3S.C16H11F3O3.C8H14O4S.CO2/c1-8-2-4-10-12(6-8)16(24)18-14(10)15-11-5-3-9(26-20(21,22)23)7-13(11)17(25)19(15)27-18;1-11-2-4-12(5-3-11)15-10-26-17(18(23)24)16(15)13-6-8-14(9-7-13)25-19(20,21)22;1-10-2-4-11(5-3-10)14(20)15(21)12-6-8-13(9-7-12)22-16(17,18)19;1-3-11-7(9)5-13-6-8(10)12-4-2;2-1-3/h2-7H,1H3;2-10H,1H3,(H,23,24);2-9H,1H3;3-6H2,1-2H3;. The number of carbonyl (C=O) groups is 5. The molecule has 10 rings (SSSR count). The highest BCUT2D eigenvalue weighted by atomic mass is 32.2. The molecule has 0 radical (unpaired) electrons. The first-order valence-electron chi connectivity index (χ1n) is 26.3. The Kier molecular flexibility index (Phi) is 23.7. The van der Waals surface area contributed by atoms with Crippen molar-refractivity contribution in [3.05, 3.63) is 192 Å². The zero-order valence-corrected chi connectivity index (χ0v) is 50.3. The Labute approximate surface area is 521 Å². The highest BCUT2D eigenvalue weighted by molar-refractivity contribution is 8.00. The second-order valence-corrected chi connectivity index (χ2v) is 21.7. The minimum absolute atomic E-state index is 0.0000921. The Morgan fingerprint density at radius 1 is 0.505 bits per heavy atom. The van der Waals surface area contributed by atoms with Crippen LogP contribution in [0.2, 0.25) is 0 Å². The van der Waals surface area contributed by atoms with Crippen LogP contribution in [-0.2, 0) is 28.7 Å². The summed E-state index contributed by atoms with van der Waals surface area (Å²) in [4.78, 5) is 99.0. The van der Waals surface area contributed by atoms with Crippen molar-refractivity contribution in [3.8, 4) is 39.5 Å². The number of carboxylic acids is 1. The topological polar surface area (TPSA) is 220 Å². The van der Waals surface area contributed by atoms with Crippen LogP contribution in [0.4, 0.5) is 39.5 Å². The van der Waals surface area contributed by atoms with Gasteiger partial charge in [-0.1, -0.05) is 89.5 Å². The number of thiophene rings is 2. The number of benzene rings is 6. The summed E-state index contributed by atoms with van der Waals surface area (Å²) in [6.45, 7) is 9.92. The lowest BCUT2D eigenvalue weighted by Crippen LogP contribution is -2.17. The van der Waals surface area contributed by atoms with E-state index < -0.39 is 48.1 Å². The molecule has 474 valence electrons. The first kappa shape index (κ1) is 70.4. The van der Waals surface area contributed by atoms with Crippen molar-refractivity contribution in [2.45, 2.75) is 53.7 Å². The van der Waals surface area contributed by atoms with E-state index in [9.17, 15) is 78.2 Å². The van der Waals surface area contributed by atoms with Gasteiger partial charge in [0.05, 0.1) is 34.1 Å². The number of aromatic carboxylic acids is 1. The van der Waals surface area contributed by atoms with Crippen molar-refractivity contribution in [1.82, 2.24) is 0 Å². The lowest BCUT2D eigenvalue weighted by Gasteiger charge is -2.11. The van der Waals surface area contributed by atoms with Crippen LogP contribution in [0, 0.1) is 20.8 Å². The number of ketones is 2. The summed E-state index contributed by atoms with van der Waals surface area (Å²) in [6, 6.07) is 32.7. The molecule has 2 heterocycles. The molecule has 27 heteroatoms. The number of hydrogen-bond acceptors (Lipinski definition) is 17. The third kappa shape index (κ3) is 19.2. The van der Waals surface area contributed by atoms with Gasteiger partial charge in [0.15, 0.2) is 0 Å². The van der Waals surface area contributed by atoms with Crippen molar-refractivity contribution in [3.63, 3.8) is 0 Å². The van der Waals surface area contributed by atoms with Gasteiger partial charge in [-0.05, 0) is 117 Å². The minimum Gasteiger partial charge on any atom is -0.477 e. The molecular formula is C64H47F9O15S3. The molecule has 0 amide bonds. The van der Waals surface area contributed by atoms with E-state index >= 15 is 0 Å². The van der Waals surface area contributed by atoms with Gasteiger partial charge in [0, 0.05) is 49.2 Å². The van der Waals surface area contributed by atoms with Crippen molar-refractivity contribution in [2.75, 3.05) is 24.7 Å². The van der Waals surface area contributed by atoms with Crippen molar-refractivity contribution >= 4 is 112 Å². The zero-order valence-electron chi connectivity index (χ0n) is 47.9. The molecular weight excluding hydrogens is 1280 g/mol. The number of Topliss-reactive ketones (excluding diaryl/α,β-unsaturated/α-hetero) is 2. The fourth-order valence-electron chi connectivity index (χ4n) is 8.67. The highest BCUT2D eigenvalue weighted by Gasteiger charge is 2.34. The Bertz CT molecular complexity index is 4350. The van der Waals surface area contributed by atoms with Gasteiger partial charge in [-0.3, -0.25) is 28.8 Å². The number of esters is 2. The number of hydrogen-bond donors (Lipinski definition) is 1. The summed E-state index contributed by atoms with van der Waals surface area (Å²) < 4.78 is 132. The van der Waals surface area contributed by atoms with Gasteiger partial charge >= 0.3 is 43.1 Å². The van der Waals surface area contributed by atoms with Crippen molar-refractivity contribution in [2.24, 2.45) is 0 Å². The van der Waals surface area contributed by atoms with Crippen LogP contribution in [0.15, 0.2) is 148 Å². The van der Waals surface area contributed by atoms with Crippen molar-refractivity contribution in [1.29, 1.82) is 0 Å². The van der Waals surface area contributed by atoms with Crippen LogP contribution in [-0.4, -0.2) is 84.5 Å². The summed E-state index contributed by atoms with van der Waals surface area (Å²) in [5.74, 6) is -4.02. The number of ether oxygens (including phenoxy) is 5. The van der Waals surface area contributed by atoms with E-state index in [0.29, 0.717) is 55.3 Å². The molecule has 0 bridgehead atoms. The van der Waals surface area contributed by atoms with Crippen molar-refractivity contribution < 1.29 is 102 Å². The first-order chi connectivity index (χ1) is 42.9. The summed E-state index contributed by atoms with van der Waals surface area (Å²) in [7, 11) is 0. The Balaban J connectivity index is 0.000000195. The van der Waals surface area contributed by atoms with Crippen LogP contribution in [0.3, 0.4) is 0 Å². The van der Waals surface area contributed by atoms with E-state index in [-0.39, 0.29) is 67.6 Å². The number of fused-ring (bicyclic) bond motifs is 7. The van der Waals surface area contributed by atoms with E-state index in [0.717, 1.165) is 86.2 Å². The Morgan fingerprint density at radius 3 is 1.32 bits per heavy atom. The number of carboxylic acid groups (broad SMARTS) is 1. The molecule has 2 aromatic heterocycles.